The van der Waals surface area contributed by atoms with Crippen molar-refractivity contribution in [1.82, 2.24) is 10.3 Å². The van der Waals surface area contributed by atoms with Crippen LogP contribution in [0, 0.1) is 0 Å². The van der Waals surface area contributed by atoms with Crippen molar-refractivity contribution in [3.05, 3.63) is 54.2 Å². The van der Waals surface area contributed by atoms with E-state index in [0.29, 0.717) is 18.8 Å². The molecule has 2 heterocycles. The molecule has 1 aliphatic rings. The van der Waals surface area contributed by atoms with Gasteiger partial charge in [0.05, 0.1) is 12.5 Å². The number of carbonyl (C=O) groups excluding carboxylic acids is 1. The van der Waals surface area contributed by atoms with Crippen LogP contribution in [0.15, 0.2) is 48.7 Å². The molecule has 1 amide bonds. The Balaban J connectivity index is 1.46. The van der Waals surface area contributed by atoms with Crippen LogP contribution in [0.3, 0.4) is 0 Å². The van der Waals surface area contributed by atoms with Crippen molar-refractivity contribution in [1.29, 1.82) is 0 Å². The van der Waals surface area contributed by atoms with Crippen LogP contribution < -0.4 is 10.1 Å². The van der Waals surface area contributed by atoms with Crippen molar-refractivity contribution in [3.63, 3.8) is 0 Å². The lowest BCUT2D eigenvalue weighted by Gasteiger charge is -2.10. The van der Waals surface area contributed by atoms with Crippen LogP contribution >= 0.6 is 0 Å². The third-order valence-corrected chi connectivity index (χ3v) is 3.69. The lowest BCUT2D eigenvalue weighted by atomic mass is 10.2. The third-order valence-electron chi connectivity index (χ3n) is 3.69. The minimum Gasteiger partial charge on any atom is -0.439 e. The van der Waals surface area contributed by atoms with Crippen LogP contribution in [0.25, 0.3) is 0 Å². The minimum absolute atomic E-state index is 0.0153. The molecule has 0 bridgehead atoms. The molecule has 1 atom stereocenters. The van der Waals surface area contributed by atoms with Gasteiger partial charge in [0.15, 0.2) is 0 Å². The van der Waals surface area contributed by atoms with Crippen molar-refractivity contribution in [2.45, 2.75) is 31.9 Å². The molecule has 2 aromatic rings. The van der Waals surface area contributed by atoms with Crippen molar-refractivity contribution >= 4 is 5.91 Å². The first kappa shape index (κ1) is 15.5. The van der Waals surface area contributed by atoms with Gasteiger partial charge in [-0.3, -0.25) is 4.79 Å². The van der Waals surface area contributed by atoms with E-state index in [0.717, 1.165) is 30.8 Å². The minimum atomic E-state index is 0.0153. The maximum atomic E-state index is 11.8. The van der Waals surface area contributed by atoms with Crippen molar-refractivity contribution in [3.8, 4) is 11.6 Å². The predicted octanol–water partition coefficient (Wildman–Crippen LogP) is 3.06. The summed E-state index contributed by atoms with van der Waals surface area (Å²) in [6, 6.07) is 13.2. The normalized spacial score (nSPS) is 17.0. The van der Waals surface area contributed by atoms with E-state index < -0.39 is 0 Å². The van der Waals surface area contributed by atoms with E-state index in [9.17, 15) is 4.79 Å². The van der Waals surface area contributed by atoms with Gasteiger partial charge in [0.2, 0.25) is 11.8 Å². The van der Waals surface area contributed by atoms with Crippen LogP contribution in [0.1, 0.15) is 24.8 Å². The van der Waals surface area contributed by atoms with Gasteiger partial charge in [0.25, 0.3) is 0 Å². The number of benzene rings is 1. The van der Waals surface area contributed by atoms with Gasteiger partial charge >= 0.3 is 0 Å². The van der Waals surface area contributed by atoms with E-state index in [2.05, 4.69) is 10.3 Å². The number of aromatic nitrogens is 1. The summed E-state index contributed by atoms with van der Waals surface area (Å²) in [4.78, 5) is 16.1. The Kier molecular flexibility index (Phi) is 5.21. The van der Waals surface area contributed by atoms with Gasteiger partial charge in [-0.25, -0.2) is 4.98 Å². The number of rotatable bonds is 6. The van der Waals surface area contributed by atoms with Gasteiger partial charge in [-0.1, -0.05) is 24.3 Å². The average molecular weight is 312 g/mol. The molecule has 1 fully saturated rings. The first-order valence-electron chi connectivity index (χ1n) is 7.86. The molecule has 120 valence electrons. The smallest absolute Gasteiger partial charge is 0.222 e. The second-order valence-corrected chi connectivity index (χ2v) is 5.54. The maximum absolute atomic E-state index is 11.8. The zero-order valence-corrected chi connectivity index (χ0v) is 12.9. The first-order valence-corrected chi connectivity index (χ1v) is 7.86. The molecule has 1 unspecified atom stereocenters. The Labute approximate surface area is 135 Å². The van der Waals surface area contributed by atoms with Gasteiger partial charge in [0.1, 0.15) is 5.75 Å². The van der Waals surface area contributed by atoms with Crippen LogP contribution in [-0.2, 0) is 16.1 Å². The third kappa shape index (κ3) is 4.79. The number of hydrogen-bond acceptors (Lipinski definition) is 4. The molecule has 0 spiro atoms. The maximum Gasteiger partial charge on any atom is 0.222 e. The first-order chi connectivity index (χ1) is 11.3. The summed E-state index contributed by atoms with van der Waals surface area (Å²) in [7, 11) is 0. The van der Waals surface area contributed by atoms with Crippen molar-refractivity contribution < 1.29 is 14.3 Å². The monoisotopic (exact) mass is 312 g/mol. The lowest BCUT2D eigenvalue weighted by molar-refractivity contribution is -0.123. The summed E-state index contributed by atoms with van der Waals surface area (Å²) in [6.45, 7) is 1.23. The number of amides is 1. The zero-order chi connectivity index (χ0) is 15.9. The zero-order valence-electron chi connectivity index (χ0n) is 12.9. The molecular weight excluding hydrogens is 292 g/mol. The second-order valence-electron chi connectivity index (χ2n) is 5.54. The highest BCUT2D eigenvalue weighted by atomic mass is 16.5. The topological polar surface area (TPSA) is 60.5 Å². The second kappa shape index (κ2) is 7.74. The average Bonchev–Trinajstić information content (AvgIpc) is 3.08. The number of pyridine rings is 1. The van der Waals surface area contributed by atoms with Crippen molar-refractivity contribution in [2.24, 2.45) is 0 Å². The van der Waals surface area contributed by atoms with E-state index in [1.54, 1.807) is 12.3 Å². The molecule has 3 rings (SSSR count). The molecule has 1 aliphatic heterocycles. The summed E-state index contributed by atoms with van der Waals surface area (Å²) in [5, 5.41) is 2.90. The molecule has 0 aliphatic carbocycles. The molecule has 5 nitrogen and oxygen atoms in total. The number of nitrogens with zero attached hydrogens (tertiary/aromatic N) is 1. The summed E-state index contributed by atoms with van der Waals surface area (Å²) in [5.41, 5.74) is 0.936. The molecule has 1 aromatic carbocycles. The van der Waals surface area contributed by atoms with Gasteiger partial charge in [0, 0.05) is 25.4 Å². The number of ether oxygens (including phenoxy) is 2. The number of carbonyl (C=O) groups is 1. The van der Waals surface area contributed by atoms with Crippen LogP contribution in [0.4, 0.5) is 0 Å². The van der Waals surface area contributed by atoms with Crippen molar-refractivity contribution in [2.75, 3.05) is 6.61 Å². The highest BCUT2D eigenvalue weighted by Gasteiger charge is 2.18. The Morgan fingerprint density at radius 1 is 1.26 bits per heavy atom. The van der Waals surface area contributed by atoms with Crippen LogP contribution in [0.2, 0.25) is 0 Å². The summed E-state index contributed by atoms with van der Waals surface area (Å²) < 4.78 is 11.1. The molecular formula is C18H20N2O3. The Bertz CT molecular complexity index is 622. The molecule has 5 heteroatoms. The summed E-state index contributed by atoms with van der Waals surface area (Å²) in [6.07, 6.45) is 4.24. The Hall–Kier alpha value is -2.40. The van der Waals surface area contributed by atoms with Gasteiger partial charge < -0.3 is 14.8 Å². The molecule has 1 aromatic heterocycles. The molecule has 0 saturated carbocycles. The molecule has 23 heavy (non-hydrogen) atoms. The predicted molar refractivity (Wildman–Crippen MR) is 86.2 cm³/mol. The largest absolute Gasteiger partial charge is 0.439 e. The number of hydrogen-bond donors (Lipinski definition) is 1. The molecule has 0 radical (unpaired) electrons. The summed E-state index contributed by atoms with van der Waals surface area (Å²) >= 11 is 0. The Morgan fingerprint density at radius 3 is 2.83 bits per heavy atom. The van der Waals surface area contributed by atoms with Gasteiger partial charge in [-0.15, -0.1) is 0 Å². The van der Waals surface area contributed by atoms with Crippen LogP contribution in [0.5, 0.6) is 11.6 Å². The number of nitrogens with one attached hydrogen (secondary N) is 1. The fraction of sp³-hybridized carbons (Fsp3) is 0.333. The van der Waals surface area contributed by atoms with E-state index in [1.807, 2.05) is 36.4 Å². The van der Waals surface area contributed by atoms with E-state index >= 15 is 0 Å². The highest BCUT2D eigenvalue weighted by molar-refractivity contribution is 5.76. The van der Waals surface area contributed by atoms with Gasteiger partial charge in [-0.05, 0) is 30.5 Å². The fourth-order valence-corrected chi connectivity index (χ4v) is 2.47. The quantitative estimate of drug-likeness (QED) is 0.890. The van der Waals surface area contributed by atoms with Crippen LogP contribution in [-0.4, -0.2) is 23.6 Å². The SMILES string of the molecule is O=C(CC1CCCO1)NCc1ccc(Oc2ccccc2)nc1. The molecule has 1 N–H and O–H groups in total. The highest BCUT2D eigenvalue weighted by Crippen LogP contribution is 2.18. The Morgan fingerprint density at radius 2 is 2.13 bits per heavy atom. The number of para-hydroxylation sites is 1. The lowest BCUT2D eigenvalue weighted by Crippen LogP contribution is -2.26. The van der Waals surface area contributed by atoms with Gasteiger partial charge in [-0.2, -0.15) is 0 Å². The van der Waals surface area contributed by atoms with E-state index in [1.165, 1.54) is 0 Å². The fourth-order valence-electron chi connectivity index (χ4n) is 2.47. The molecule has 1 saturated heterocycles. The van der Waals surface area contributed by atoms with E-state index in [-0.39, 0.29) is 12.0 Å². The summed E-state index contributed by atoms with van der Waals surface area (Å²) in [5.74, 6) is 1.30. The standard InChI is InChI=1S/C18H20N2O3/c21-17(11-16-7-4-10-22-16)19-12-14-8-9-18(20-13-14)23-15-5-2-1-3-6-15/h1-3,5-6,8-9,13,16H,4,7,10-12H2,(H,19,21). The van der Waals surface area contributed by atoms with E-state index in [4.69, 9.17) is 9.47 Å².